The molecule has 1 aliphatic heterocycles. The van der Waals surface area contributed by atoms with E-state index in [1.54, 1.807) is 18.2 Å². The zero-order chi connectivity index (χ0) is 21.6. The van der Waals surface area contributed by atoms with Crippen molar-refractivity contribution in [2.24, 2.45) is 0 Å². The molecule has 0 radical (unpaired) electrons. The lowest BCUT2D eigenvalue weighted by Crippen LogP contribution is -2.22. The van der Waals surface area contributed by atoms with Gasteiger partial charge in [0.2, 0.25) is 0 Å². The molecule has 0 fully saturated rings. The molecule has 0 bridgehead atoms. The van der Waals surface area contributed by atoms with Crippen LogP contribution < -0.4 is 19.7 Å². The van der Waals surface area contributed by atoms with Gasteiger partial charge in [0.15, 0.2) is 18.1 Å². The maximum absolute atomic E-state index is 12.6. The number of carbonyl (C=O) groups is 1. The summed E-state index contributed by atoms with van der Waals surface area (Å²) in [5.74, 6) is 0.605. The number of anilines is 3. The average molecular weight is 413 g/mol. The van der Waals surface area contributed by atoms with E-state index in [1.165, 1.54) is 11.3 Å². The minimum atomic E-state index is -0.272. The lowest BCUT2D eigenvalue weighted by atomic mass is 10.2. The zero-order valence-electron chi connectivity index (χ0n) is 17.3. The highest BCUT2D eigenvalue weighted by Crippen LogP contribution is 2.38. The van der Waals surface area contributed by atoms with Crippen LogP contribution in [0.3, 0.4) is 0 Å². The minimum Gasteiger partial charge on any atom is -0.490 e. The molecule has 3 aromatic rings. The van der Waals surface area contributed by atoms with Crippen LogP contribution in [0, 0.1) is 11.3 Å². The summed E-state index contributed by atoms with van der Waals surface area (Å²) in [5.41, 5.74) is 4.63. The number of hydrogen-bond acceptors (Lipinski definition) is 5. The number of nitrogens with one attached hydrogen (secondary N) is 1. The maximum Gasteiger partial charge on any atom is 0.262 e. The maximum atomic E-state index is 12.6. The third-order valence-corrected chi connectivity index (χ3v) is 5.09. The lowest BCUT2D eigenvalue weighted by molar-refractivity contribution is -0.118. The van der Waals surface area contributed by atoms with Crippen molar-refractivity contribution in [1.29, 1.82) is 5.26 Å². The summed E-state index contributed by atoms with van der Waals surface area (Å²) in [6, 6.07) is 23.0. The molecule has 0 spiro atoms. The van der Waals surface area contributed by atoms with Crippen molar-refractivity contribution in [2.45, 2.75) is 13.3 Å². The van der Waals surface area contributed by atoms with Gasteiger partial charge in [-0.1, -0.05) is 30.3 Å². The molecule has 0 unspecified atom stereocenters. The minimum absolute atomic E-state index is 0.170. The largest absolute Gasteiger partial charge is 0.490 e. The normalized spacial score (nSPS) is 12.1. The molecule has 0 saturated heterocycles. The van der Waals surface area contributed by atoms with Crippen LogP contribution in [0.15, 0.2) is 66.7 Å². The van der Waals surface area contributed by atoms with Gasteiger partial charge in [-0.05, 0) is 49.2 Å². The third-order valence-electron chi connectivity index (χ3n) is 5.09. The molecule has 156 valence electrons. The number of rotatable bonds is 7. The Labute approximate surface area is 181 Å². The Bertz CT molecular complexity index is 1140. The molecule has 1 heterocycles. The van der Waals surface area contributed by atoms with Crippen LogP contribution in [0.1, 0.15) is 18.1 Å². The van der Waals surface area contributed by atoms with Gasteiger partial charge in [0.25, 0.3) is 5.91 Å². The molecule has 6 heteroatoms. The fourth-order valence-corrected chi connectivity index (χ4v) is 3.70. The highest BCUT2D eigenvalue weighted by atomic mass is 16.5. The highest BCUT2D eigenvalue weighted by molar-refractivity contribution is 5.96. The number of fused-ring (bicyclic) bond motifs is 1. The smallest absolute Gasteiger partial charge is 0.262 e. The van der Waals surface area contributed by atoms with E-state index in [9.17, 15) is 4.79 Å². The first-order chi connectivity index (χ1) is 15.2. The molecule has 31 heavy (non-hydrogen) atoms. The van der Waals surface area contributed by atoms with Gasteiger partial charge in [0, 0.05) is 18.3 Å². The second-order valence-corrected chi connectivity index (χ2v) is 7.09. The van der Waals surface area contributed by atoms with Gasteiger partial charge in [-0.2, -0.15) is 5.26 Å². The number of para-hydroxylation sites is 3. The highest BCUT2D eigenvalue weighted by Gasteiger charge is 2.22. The van der Waals surface area contributed by atoms with E-state index in [-0.39, 0.29) is 12.5 Å². The number of benzene rings is 3. The van der Waals surface area contributed by atoms with Crippen LogP contribution in [0.4, 0.5) is 17.1 Å². The second-order valence-electron chi connectivity index (χ2n) is 7.09. The second kappa shape index (κ2) is 9.23. The molecule has 0 atom stereocenters. The van der Waals surface area contributed by atoms with Gasteiger partial charge in [-0.3, -0.25) is 4.79 Å². The van der Waals surface area contributed by atoms with Crippen molar-refractivity contribution in [3.8, 4) is 17.6 Å². The molecule has 1 N–H and O–H groups in total. The number of ether oxygens (including phenoxy) is 2. The van der Waals surface area contributed by atoms with Gasteiger partial charge in [-0.25, -0.2) is 0 Å². The van der Waals surface area contributed by atoms with E-state index in [0.29, 0.717) is 23.7 Å². The number of nitrogens with zero attached hydrogens (tertiary/aromatic N) is 2. The van der Waals surface area contributed by atoms with Gasteiger partial charge in [0.1, 0.15) is 0 Å². The van der Waals surface area contributed by atoms with Crippen molar-refractivity contribution in [2.75, 3.05) is 30.0 Å². The van der Waals surface area contributed by atoms with Crippen LogP contribution in [0.25, 0.3) is 0 Å². The molecule has 1 aliphatic rings. The first kappa shape index (κ1) is 20.3. The third kappa shape index (κ3) is 4.46. The summed E-state index contributed by atoms with van der Waals surface area (Å²) in [7, 11) is 0. The van der Waals surface area contributed by atoms with E-state index in [1.807, 2.05) is 43.3 Å². The summed E-state index contributed by atoms with van der Waals surface area (Å²) < 4.78 is 11.2. The summed E-state index contributed by atoms with van der Waals surface area (Å²) in [6.07, 6.45) is 0.973. The number of carbonyl (C=O) groups excluding carboxylic acids is 1. The van der Waals surface area contributed by atoms with Crippen LogP contribution in [0.5, 0.6) is 11.5 Å². The van der Waals surface area contributed by atoms with Crippen LogP contribution in [0.2, 0.25) is 0 Å². The van der Waals surface area contributed by atoms with Crippen LogP contribution in [-0.4, -0.2) is 25.7 Å². The Morgan fingerprint density at radius 1 is 1.03 bits per heavy atom. The summed E-state index contributed by atoms with van der Waals surface area (Å²) in [6.45, 7) is 2.98. The molecule has 6 nitrogen and oxygen atoms in total. The van der Waals surface area contributed by atoms with E-state index >= 15 is 0 Å². The molecule has 0 aromatic heterocycles. The molecule has 1 amide bonds. The molecule has 0 saturated carbocycles. The zero-order valence-corrected chi connectivity index (χ0v) is 17.3. The average Bonchev–Trinajstić information content (AvgIpc) is 3.23. The Kier molecular flexibility index (Phi) is 6.04. The van der Waals surface area contributed by atoms with Crippen molar-refractivity contribution in [3.05, 3.63) is 77.9 Å². The quantitative estimate of drug-likeness (QED) is 0.609. The van der Waals surface area contributed by atoms with Crippen molar-refractivity contribution in [3.63, 3.8) is 0 Å². The fourth-order valence-electron chi connectivity index (χ4n) is 3.70. The SMILES string of the molecule is CCOc1cc(C#N)ccc1OCC(=O)Nc1ccccc1N1CCc2ccccc21. The topological polar surface area (TPSA) is 74.6 Å². The van der Waals surface area contributed by atoms with Crippen LogP contribution in [-0.2, 0) is 11.2 Å². The standard InChI is InChI=1S/C25H23N3O3/c1-2-30-24-15-18(16-26)11-12-23(24)31-17-25(29)27-20-8-4-6-10-22(20)28-14-13-19-7-3-5-9-21(19)28/h3-12,15H,2,13-14,17H2,1H3,(H,27,29). The van der Waals surface area contributed by atoms with Crippen molar-refractivity contribution >= 4 is 23.0 Å². The van der Waals surface area contributed by atoms with Crippen LogP contribution >= 0.6 is 0 Å². The predicted octanol–water partition coefficient (Wildman–Crippen LogP) is 4.67. The van der Waals surface area contributed by atoms with E-state index in [2.05, 4.69) is 28.4 Å². The molecular formula is C25H23N3O3. The first-order valence-corrected chi connectivity index (χ1v) is 10.2. The Morgan fingerprint density at radius 2 is 1.81 bits per heavy atom. The van der Waals surface area contributed by atoms with E-state index in [0.717, 1.165) is 24.3 Å². The number of nitriles is 1. The Balaban J connectivity index is 1.47. The van der Waals surface area contributed by atoms with Gasteiger partial charge >= 0.3 is 0 Å². The summed E-state index contributed by atoms with van der Waals surface area (Å²) >= 11 is 0. The molecule has 3 aromatic carbocycles. The number of hydrogen-bond donors (Lipinski definition) is 1. The van der Waals surface area contributed by atoms with Gasteiger partial charge in [-0.15, -0.1) is 0 Å². The monoisotopic (exact) mass is 413 g/mol. The summed E-state index contributed by atoms with van der Waals surface area (Å²) in [5, 5.41) is 12.0. The first-order valence-electron chi connectivity index (χ1n) is 10.2. The Morgan fingerprint density at radius 3 is 2.61 bits per heavy atom. The number of amides is 1. The van der Waals surface area contributed by atoms with E-state index in [4.69, 9.17) is 14.7 Å². The van der Waals surface area contributed by atoms with Crippen molar-refractivity contribution in [1.82, 2.24) is 0 Å². The van der Waals surface area contributed by atoms with Gasteiger partial charge < -0.3 is 19.7 Å². The molecular weight excluding hydrogens is 390 g/mol. The fraction of sp³-hybridized carbons (Fsp3) is 0.200. The van der Waals surface area contributed by atoms with Gasteiger partial charge in [0.05, 0.1) is 29.6 Å². The predicted molar refractivity (Wildman–Crippen MR) is 120 cm³/mol. The molecule has 4 rings (SSSR count). The van der Waals surface area contributed by atoms with E-state index < -0.39 is 0 Å². The lowest BCUT2D eigenvalue weighted by Gasteiger charge is -2.23. The summed E-state index contributed by atoms with van der Waals surface area (Å²) in [4.78, 5) is 14.9. The Hall–Kier alpha value is -3.98. The molecule has 0 aliphatic carbocycles. The van der Waals surface area contributed by atoms with Crippen molar-refractivity contribution < 1.29 is 14.3 Å².